The van der Waals surface area contributed by atoms with E-state index in [0.29, 0.717) is 10.7 Å². The molecule has 0 aromatic heterocycles. The third kappa shape index (κ3) is 2.86. The van der Waals surface area contributed by atoms with Crippen molar-refractivity contribution in [3.8, 4) is 0 Å². The second-order valence-corrected chi connectivity index (χ2v) is 5.69. The number of aromatic carboxylic acids is 1. The van der Waals surface area contributed by atoms with Crippen molar-refractivity contribution in [1.29, 1.82) is 0 Å². The zero-order valence-electron chi connectivity index (χ0n) is 11.6. The van der Waals surface area contributed by atoms with Crippen LogP contribution in [0.1, 0.15) is 21.5 Å². The summed E-state index contributed by atoms with van der Waals surface area (Å²) in [7, 11) is 2.08. The standard InChI is InChI=1S/C16H15ClN2O2/c1-19-8-11-2-4-13(6-12(11)9-19)18-15-7-10(16(20)21)3-5-14(15)17/h2-7,18H,8-9H2,1H3,(H,20,21). The monoisotopic (exact) mass is 302 g/mol. The lowest BCUT2D eigenvalue weighted by atomic mass is 10.1. The molecule has 1 heterocycles. The van der Waals surface area contributed by atoms with Crippen molar-refractivity contribution < 1.29 is 9.90 Å². The van der Waals surface area contributed by atoms with Gasteiger partial charge in [0.05, 0.1) is 16.3 Å². The number of halogens is 1. The molecular weight excluding hydrogens is 288 g/mol. The van der Waals surface area contributed by atoms with Crippen LogP contribution < -0.4 is 5.32 Å². The van der Waals surface area contributed by atoms with Gasteiger partial charge in [0.2, 0.25) is 0 Å². The molecule has 0 radical (unpaired) electrons. The molecule has 2 N–H and O–H groups in total. The van der Waals surface area contributed by atoms with Crippen LogP contribution in [-0.2, 0) is 13.1 Å². The highest BCUT2D eigenvalue weighted by Crippen LogP contribution is 2.29. The van der Waals surface area contributed by atoms with E-state index in [2.05, 4.69) is 29.4 Å². The molecule has 0 bridgehead atoms. The maximum absolute atomic E-state index is 11.0. The van der Waals surface area contributed by atoms with Crippen LogP contribution in [0.4, 0.5) is 11.4 Å². The highest BCUT2D eigenvalue weighted by molar-refractivity contribution is 6.33. The lowest BCUT2D eigenvalue weighted by Gasteiger charge is -2.10. The maximum atomic E-state index is 11.0. The Morgan fingerprint density at radius 1 is 1.19 bits per heavy atom. The van der Waals surface area contributed by atoms with Crippen LogP contribution in [0.5, 0.6) is 0 Å². The van der Waals surface area contributed by atoms with Crippen molar-refractivity contribution in [2.24, 2.45) is 0 Å². The number of hydrogen-bond donors (Lipinski definition) is 2. The van der Waals surface area contributed by atoms with Crippen molar-refractivity contribution in [2.75, 3.05) is 12.4 Å². The average molecular weight is 303 g/mol. The summed E-state index contributed by atoms with van der Waals surface area (Å²) < 4.78 is 0. The normalized spacial score (nSPS) is 14.0. The predicted molar refractivity (Wildman–Crippen MR) is 83.3 cm³/mol. The van der Waals surface area contributed by atoms with Gasteiger partial charge in [-0.3, -0.25) is 4.90 Å². The number of carboxylic acids is 1. The number of carboxylic acid groups (broad SMARTS) is 1. The van der Waals surface area contributed by atoms with Gasteiger partial charge in [-0.25, -0.2) is 4.79 Å². The molecule has 0 unspecified atom stereocenters. The molecule has 5 heteroatoms. The van der Waals surface area contributed by atoms with Crippen LogP contribution in [0.3, 0.4) is 0 Å². The smallest absolute Gasteiger partial charge is 0.335 e. The zero-order chi connectivity index (χ0) is 15.0. The number of nitrogens with one attached hydrogen (secondary N) is 1. The van der Waals surface area contributed by atoms with Gasteiger partial charge in [0.25, 0.3) is 0 Å². The van der Waals surface area contributed by atoms with Gasteiger partial charge < -0.3 is 10.4 Å². The first-order chi connectivity index (χ1) is 10.0. The minimum Gasteiger partial charge on any atom is -0.478 e. The molecule has 0 spiro atoms. The van der Waals surface area contributed by atoms with Crippen LogP contribution in [-0.4, -0.2) is 23.0 Å². The van der Waals surface area contributed by atoms with Crippen LogP contribution in [0.25, 0.3) is 0 Å². The number of fused-ring (bicyclic) bond motifs is 1. The van der Waals surface area contributed by atoms with E-state index < -0.39 is 5.97 Å². The fourth-order valence-corrected chi connectivity index (χ4v) is 2.72. The van der Waals surface area contributed by atoms with E-state index in [1.54, 1.807) is 12.1 Å². The van der Waals surface area contributed by atoms with Gasteiger partial charge in [-0.1, -0.05) is 17.7 Å². The Balaban J connectivity index is 1.89. The predicted octanol–water partition coefficient (Wildman–Crippen LogP) is 3.73. The molecule has 108 valence electrons. The number of hydrogen-bond acceptors (Lipinski definition) is 3. The molecule has 0 atom stereocenters. The molecule has 0 fully saturated rings. The Labute approximate surface area is 128 Å². The summed E-state index contributed by atoms with van der Waals surface area (Å²) in [4.78, 5) is 13.3. The van der Waals surface area contributed by atoms with E-state index in [1.165, 1.54) is 17.2 Å². The lowest BCUT2D eigenvalue weighted by Crippen LogP contribution is -2.07. The largest absolute Gasteiger partial charge is 0.478 e. The molecule has 2 aromatic carbocycles. The van der Waals surface area contributed by atoms with Crippen molar-refractivity contribution in [3.05, 3.63) is 58.1 Å². The second kappa shape index (κ2) is 5.39. The Kier molecular flexibility index (Phi) is 3.57. The number of carbonyl (C=O) groups is 1. The van der Waals surface area contributed by atoms with Crippen molar-refractivity contribution in [1.82, 2.24) is 4.90 Å². The molecule has 3 rings (SSSR count). The van der Waals surface area contributed by atoms with Crippen molar-refractivity contribution >= 4 is 28.9 Å². The first-order valence-corrected chi connectivity index (χ1v) is 7.01. The maximum Gasteiger partial charge on any atom is 0.335 e. The minimum absolute atomic E-state index is 0.211. The van der Waals surface area contributed by atoms with E-state index in [4.69, 9.17) is 16.7 Å². The van der Waals surface area contributed by atoms with Gasteiger partial charge >= 0.3 is 5.97 Å². The molecule has 0 saturated heterocycles. The first kappa shape index (κ1) is 13.9. The van der Waals surface area contributed by atoms with E-state index in [1.807, 2.05) is 6.07 Å². The molecule has 1 aliphatic rings. The molecular formula is C16H15ClN2O2. The highest BCUT2D eigenvalue weighted by atomic mass is 35.5. The van der Waals surface area contributed by atoms with Crippen LogP contribution in [0.15, 0.2) is 36.4 Å². The summed E-state index contributed by atoms with van der Waals surface area (Å²) in [6, 6.07) is 10.8. The number of benzene rings is 2. The Bertz CT molecular complexity index is 715. The summed E-state index contributed by atoms with van der Waals surface area (Å²) >= 11 is 6.13. The van der Waals surface area contributed by atoms with Crippen LogP contribution in [0.2, 0.25) is 5.02 Å². The van der Waals surface area contributed by atoms with Crippen molar-refractivity contribution in [3.63, 3.8) is 0 Å². The number of nitrogens with zero attached hydrogens (tertiary/aromatic N) is 1. The Morgan fingerprint density at radius 3 is 2.71 bits per heavy atom. The average Bonchev–Trinajstić information content (AvgIpc) is 2.80. The summed E-state index contributed by atoms with van der Waals surface area (Å²) in [5.74, 6) is -0.967. The molecule has 0 saturated carbocycles. The molecule has 21 heavy (non-hydrogen) atoms. The third-order valence-corrected chi connectivity index (χ3v) is 3.91. The fraction of sp³-hybridized carbons (Fsp3) is 0.188. The fourth-order valence-electron chi connectivity index (χ4n) is 2.55. The summed E-state index contributed by atoms with van der Waals surface area (Å²) in [6.07, 6.45) is 0. The summed E-state index contributed by atoms with van der Waals surface area (Å²) in [6.45, 7) is 1.89. The van der Waals surface area contributed by atoms with Gasteiger partial charge in [-0.15, -0.1) is 0 Å². The third-order valence-electron chi connectivity index (χ3n) is 3.58. The van der Waals surface area contributed by atoms with E-state index >= 15 is 0 Å². The number of anilines is 2. The highest BCUT2D eigenvalue weighted by Gasteiger charge is 2.16. The zero-order valence-corrected chi connectivity index (χ0v) is 12.3. The Hall–Kier alpha value is -2.04. The molecule has 2 aromatic rings. The second-order valence-electron chi connectivity index (χ2n) is 5.28. The minimum atomic E-state index is -0.967. The topological polar surface area (TPSA) is 52.6 Å². The van der Waals surface area contributed by atoms with Gasteiger partial charge in [-0.2, -0.15) is 0 Å². The van der Waals surface area contributed by atoms with Crippen molar-refractivity contribution in [2.45, 2.75) is 13.1 Å². The van der Waals surface area contributed by atoms with E-state index in [-0.39, 0.29) is 5.56 Å². The summed E-state index contributed by atoms with van der Waals surface area (Å²) in [5.41, 5.74) is 4.33. The van der Waals surface area contributed by atoms with E-state index in [9.17, 15) is 4.79 Å². The van der Waals surface area contributed by atoms with E-state index in [0.717, 1.165) is 18.8 Å². The molecule has 4 nitrogen and oxygen atoms in total. The van der Waals surface area contributed by atoms with Gasteiger partial charge in [0.1, 0.15) is 0 Å². The molecule has 1 aliphatic heterocycles. The van der Waals surface area contributed by atoms with Gasteiger partial charge in [0.15, 0.2) is 0 Å². The number of rotatable bonds is 3. The Morgan fingerprint density at radius 2 is 1.95 bits per heavy atom. The quantitative estimate of drug-likeness (QED) is 0.907. The van der Waals surface area contributed by atoms with Crippen LogP contribution in [0, 0.1) is 0 Å². The van der Waals surface area contributed by atoms with Gasteiger partial charge in [0, 0.05) is 18.8 Å². The molecule has 0 amide bonds. The first-order valence-electron chi connectivity index (χ1n) is 6.63. The SMILES string of the molecule is CN1Cc2ccc(Nc3cc(C(=O)O)ccc3Cl)cc2C1. The van der Waals surface area contributed by atoms with Crippen LogP contribution >= 0.6 is 11.6 Å². The van der Waals surface area contributed by atoms with Gasteiger partial charge in [-0.05, 0) is 48.5 Å². The lowest BCUT2D eigenvalue weighted by molar-refractivity contribution is 0.0697. The summed E-state index contributed by atoms with van der Waals surface area (Å²) in [5, 5.41) is 12.7. The molecule has 0 aliphatic carbocycles.